The van der Waals surface area contributed by atoms with Gasteiger partial charge in [0.25, 0.3) is 0 Å². The Balaban J connectivity index is 1.71. The zero-order valence-corrected chi connectivity index (χ0v) is 14.9. The molecular weight excluding hydrogens is 292 g/mol. The predicted molar refractivity (Wildman–Crippen MR) is 103 cm³/mol. The zero-order chi connectivity index (χ0) is 16.8. The zero-order valence-electron chi connectivity index (χ0n) is 14.9. The van der Waals surface area contributed by atoms with Crippen molar-refractivity contribution in [2.24, 2.45) is 5.92 Å². The van der Waals surface area contributed by atoms with Crippen molar-refractivity contribution in [3.05, 3.63) is 65.7 Å². The maximum Gasteiger partial charge on any atom is 0.119 e. The first-order valence-electron chi connectivity index (χ1n) is 9.26. The first-order chi connectivity index (χ1) is 11.8. The number of benzene rings is 2. The number of aryl methyl sites for hydroxylation is 1. The Labute approximate surface area is 146 Å². The Morgan fingerprint density at radius 3 is 2.58 bits per heavy atom. The van der Waals surface area contributed by atoms with Gasteiger partial charge in [0.1, 0.15) is 5.75 Å². The van der Waals surface area contributed by atoms with Crippen molar-refractivity contribution in [2.75, 3.05) is 6.61 Å². The Morgan fingerprint density at radius 1 is 1.04 bits per heavy atom. The van der Waals surface area contributed by atoms with Gasteiger partial charge >= 0.3 is 0 Å². The van der Waals surface area contributed by atoms with Gasteiger partial charge in [-0.1, -0.05) is 42.5 Å². The maximum atomic E-state index is 5.53. The molecule has 0 bridgehead atoms. The number of ether oxygens (including phenoxy) is 1. The van der Waals surface area contributed by atoms with Crippen LogP contribution < -0.4 is 4.74 Å². The summed E-state index contributed by atoms with van der Waals surface area (Å²) in [6, 6.07) is 15.5. The smallest absolute Gasteiger partial charge is 0.119 e. The summed E-state index contributed by atoms with van der Waals surface area (Å²) in [5.74, 6) is 1.80. The Morgan fingerprint density at radius 2 is 1.83 bits per heavy atom. The third-order valence-electron chi connectivity index (χ3n) is 5.01. The second-order valence-electron chi connectivity index (χ2n) is 6.70. The average molecular weight is 320 g/mol. The third-order valence-corrected chi connectivity index (χ3v) is 5.01. The molecule has 1 aliphatic carbocycles. The van der Waals surface area contributed by atoms with E-state index in [0.29, 0.717) is 6.61 Å². The molecule has 0 N–H and O–H groups in total. The lowest BCUT2D eigenvalue weighted by Crippen LogP contribution is -2.14. The number of fused-ring (bicyclic) bond motifs is 1. The molecule has 0 aromatic heterocycles. The van der Waals surface area contributed by atoms with Gasteiger partial charge in [0.05, 0.1) is 6.61 Å². The highest BCUT2D eigenvalue weighted by atomic mass is 16.5. The van der Waals surface area contributed by atoms with Crippen molar-refractivity contribution in [1.82, 2.24) is 0 Å². The number of hydrogen-bond acceptors (Lipinski definition) is 1. The average Bonchev–Trinajstić information content (AvgIpc) is 2.62. The van der Waals surface area contributed by atoms with Crippen molar-refractivity contribution in [2.45, 2.75) is 46.0 Å². The molecule has 24 heavy (non-hydrogen) atoms. The van der Waals surface area contributed by atoms with Crippen LogP contribution in [0.2, 0.25) is 0 Å². The van der Waals surface area contributed by atoms with E-state index in [4.69, 9.17) is 4.74 Å². The second kappa shape index (κ2) is 8.19. The molecule has 1 atom stereocenters. The number of allylic oxidation sites excluding steroid dienone is 2. The van der Waals surface area contributed by atoms with Gasteiger partial charge in [-0.2, -0.15) is 0 Å². The molecule has 1 nitrogen and oxygen atoms in total. The van der Waals surface area contributed by atoms with Crippen LogP contribution in [0.5, 0.6) is 5.75 Å². The SMILES string of the molecule is C/C=C/CCC1CCc2cc(-c3ccc(OCC)cc3)ccc2C1. The molecule has 1 unspecified atom stereocenters. The topological polar surface area (TPSA) is 9.23 Å². The van der Waals surface area contributed by atoms with Crippen LogP contribution in [-0.2, 0) is 12.8 Å². The van der Waals surface area contributed by atoms with E-state index in [1.807, 2.05) is 6.92 Å². The minimum atomic E-state index is 0.716. The summed E-state index contributed by atoms with van der Waals surface area (Å²) < 4.78 is 5.53. The Hall–Kier alpha value is -2.02. The summed E-state index contributed by atoms with van der Waals surface area (Å²) >= 11 is 0. The lowest BCUT2D eigenvalue weighted by molar-refractivity contribution is 0.340. The molecule has 1 aliphatic rings. The molecule has 3 rings (SSSR count). The van der Waals surface area contributed by atoms with Gasteiger partial charge in [0.2, 0.25) is 0 Å². The standard InChI is InChI=1S/C23H28O/c1-3-5-6-7-18-8-9-22-17-21(11-10-20(22)16-18)19-12-14-23(15-13-19)24-4-2/h3,5,10-15,17-18H,4,6-9,16H2,1-2H3/b5-3+. The molecule has 0 saturated heterocycles. The molecule has 1 heteroatoms. The van der Waals surface area contributed by atoms with E-state index in [2.05, 4.69) is 61.5 Å². The van der Waals surface area contributed by atoms with Gasteiger partial charge in [0.15, 0.2) is 0 Å². The lowest BCUT2D eigenvalue weighted by Gasteiger charge is -2.25. The van der Waals surface area contributed by atoms with E-state index in [9.17, 15) is 0 Å². The normalized spacial score (nSPS) is 17.0. The summed E-state index contributed by atoms with van der Waals surface area (Å²) in [6.07, 6.45) is 10.8. The highest BCUT2D eigenvalue weighted by Gasteiger charge is 2.18. The molecule has 2 aromatic carbocycles. The van der Waals surface area contributed by atoms with Gasteiger partial charge in [-0.05, 0) is 86.3 Å². The van der Waals surface area contributed by atoms with Crippen LogP contribution in [0.1, 0.15) is 44.2 Å². The summed E-state index contributed by atoms with van der Waals surface area (Å²) in [6.45, 7) is 4.84. The highest BCUT2D eigenvalue weighted by Crippen LogP contribution is 2.32. The van der Waals surface area contributed by atoms with E-state index in [1.165, 1.54) is 43.2 Å². The van der Waals surface area contributed by atoms with Crippen LogP contribution in [0.15, 0.2) is 54.6 Å². The van der Waals surface area contributed by atoms with Crippen LogP contribution >= 0.6 is 0 Å². The van der Waals surface area contributed by atoms with Crippen molar-refractivity contribution in [3.63, 3.8) is 0 Å². The largest absolute Gasteiger partial charge is 0.494 e. The van der Waals surface area contributed by atoms with E-state index in [-0.39, 0.29) is 0 Å². The summed E-state index contributed by atoms with van der Waals surface area (Å²) in [4.78, 5) is 0. The molecule has 0 saturated carbocycles. The van der Waals surface area contributed by atoms with Gasteiger partial charge in [-0.15, -0.1) is 0 Å². The molecule has 0 radical (unpaired) electrons. The fourth-order valence-electron chi connectivity index (χ4n) is 3.67. The molecular formula is C23H28O. The van der Waals surface area contributed by atoms with E-state index >= 15 is 0 Å². The summed E-state index contributed by atoms with van der Waals surface area (Å²) in [5, 5.41) is 0. The molecule has 0 fully saturated rings. The number of hydrogen-bond donors (Lipinski definition) is 0. The Kier molecular flexibility index (Phi) is 5.74. The molecule has 0 aliphatic heterocycles. The van der Waals surface area contributed by atoms with Crippen LogP contribution in [0.3, 0.4) is 0 Å². The fourth-order valence-corrected chi connectivity index (χ4v) is 3.67. The lowest BCUT2D eigenvalue weighted by atomic mass is 9.80. The monoisotopic (exact) mass is 320 g/mol. The van der Waals surface area contributed by atoms with Crippen molar-refractivity contribution >= 4 is 0 Å². The Bertz CT molecular complexity index is 682. The number of rotatable bonds is 6. The van der Waals surface area contributed by atoms with Crippen molar-refractivity contribution in [1.29, 1.82) is 0 Å². The van der Waals surface area contributed by atoms with E-state index in [1.54, 1.807) is 11.1 Å². The van der Waals surface area contributed by atoms with E-state index in [0.717, 1.165) is 11.7 Å². The van der Waals surface area contributed by atoms with Crippen LogP contribution in [0, 0.1) is 5.92 Å². The maximum absolute atomic E-state index is 5.53. The first-order valence-corrected chi connectivity index (χ1v) is 9.26. The van der Waals surface area contributed by atoms with Crippen LogP contribution in [0.4, 0.5) is 0 Å². The predicted octanol–water partition coefficient (Wildman–Crippen LogP) is 6.21. The van der Waals surface area contributed by atoms with Crippen LogP contribution in [0.25, 0.3) is 11.1 Å². The highest BCUT2D eigenvalue weighted by molar-refractivity contribution is 5.65. The van der Waals surface area contributed by atoms with Crippen molar-refractivity contribution < 1.29 is 4.74 Å². The second-order valence-corrected chi connectivity index (χ2v) is 6.70. The molecule has 0 spiro atoms. The minimum Gasteiger partial charge on any atom is -0.494 e. The van der Waals surface area contributed by atoms with Gasteiger partial charge in [0, 0.05) is 0 Å². The first kappa shape index (κ1) is 16.8. The minimum absolute atomic E-state index is 0.716. The van der Waals surface area contributed by atoms with Gasteiger partial charge < -0.3 is 4.74 Å². The molecule has 2 aromatic rings. The fraction of sp³-hybridized carbons (Fsp3) is 0.391. The van der Waals surface area contributed by atoms with Gasteiger partial charge in [-0.25, -0.2) is 0 Å². The summed E-state index contributed by atoms with van der Waals surface area (Å²) in [5.41, 5.74) is 5.70. The van der Waals surface area contributed by atoms with Crippen LogP contribution in [-0.4, -0.2) is 6.61 Å². The molecule has 126 valence electrons. The van der Waals surface area contributed by atoms with Crippen molar-refractivity contribution in [3.8, 4) is 16.9 Å². The third kappa shape index (κ3) is 4.08. The van der Waals surface area contributed by atoms with E-state index < -0.39 is 0 Å². The summed E-state index contributed by atoms with van der Waals surface area (Å²) in [7, 11) is 0. The molecule has 0 amide bonds. The quantitative estimate of drug-likeness (QED) is 0.575. The van der Waals surface area contributed by atoms with Gasteiger partial charge in [-0.3, -0.25) is 0 Å². The molecule has 0 heterocycles.